The van der Waals surface area contributed by atoms with E-state index in [1.807, 2.05) is 30.3 Å². The van der Waals surface area contributed by atoms with E-state index >= 15 is 0 Å². The maximum absolute atomic E-state index is 11.2. The number of rotatable bonds is 5. The second-order valence-electron chi connectivity index (χ2n) is 3.05. The van der Waals surface area contributed by atoms with Crippen molar-refractivity contribution in [3.05, 3.63) is 35.9 Å². The zero-order chi connectivity index (χ0) is 11.8. The molecule has 1 rings (SSSR count). The maximum atomic E-state index is 11.2. The fourth-order valence-corrected chi connectivity index (χ4v) is 1.09. The predicted molar refractivity (Wildman–Crippen MR) is 58.9 cm³/mol. The molecule has 16 heavy (non-hydrogen) atoms. The van der Waals surface area contributed by atoms with E-state index in [-0.39, 0.29) is 13.2 Å². The fraction of sp³-hybridized carbons (Fsp3) is 0.250. The highest BCUT2D eigenvalue weighted by atomic mass is 16.7. The standard InChI is InChI=1S/C12H13NO3/c1-2-8-13(12(15)9-14)16-10-11-6-4-3-5-7-11/h1,3-7,14H,8-10H2. The lowest BCUT2D eigenvalue weighted by Gasteiger charge is -2.18. The van der Waals surface area contributed by atoms with Gasteiger partial charge >= 0.3 is 0 Å². The molecule has 1 N–H and O–H groups in total. The van der Waals surface area contributed by atoms with Crippen LogP contribution in [0.15, 0.2) is 30.3 Å². The van der Waals surface area contributed by atoms with Gasteiger partial charge in [-0.3, -0.25) is 9.63 Å². The number of aliphatic hydroxyl groups excluding tert-OH is 1. The minimum atomic E-state index is -0.615. The molecule has 1 aromatic carbocycles. The van der Waals surface area contributed by atoms with Crippen molar-refractivity contribution in [2.45, 2.75) is 6.61 Å². The second-order valence-corrected chi connectivity index (χ2v) is 3.05. The van der Waals surface area contributed by atoms with Crippen molar-refractivity contribution in [3.63, 3.8) is 0 Å². The third-order valence-electron chi connectivity index (χ3n) is 1.88. The van der Waals surface area contributed by atoms with Gasteiger partial charge in [0.1, 0.15) is 19.8 Å². The molecule has 0 aliphatic rings. The molecule has 0 bridgehead atoms. The zero-order valence-electron chi connectivity index (χ0n) is 8.80. The Morgan fingerprint density at radius 1 is 1.44 bits per heavy atom. The molecule has 0 heterocycles. The van der Waals surface area contributed by atoms with Gasteiger partial charge in [-0.25, -0.2) is 5.06 Å². The summed E-state index contributed by atoms with van der Waals surface area (Å²) in [6.07, 6.45) is 5.09. The normalized spacial score (nSPS) is 9.50. The third-order valence-corrected chi connectivity index (χ3v) is 1.88. The molecule has 4 nitrogen and oxygen atoms in total. The van der Waals surface area contributed by atoms with Crippen molar-refractivity contribution in [3.8, 4) is 12.3 Å². The molecule has 1 aromatic rings. The first kappa shape index (κ1) is 12.2. The Kier molecular flexibility index (Phi) is 5.06. The average molecular weight is 219 g/mol. The summed E-state index contributed by atoms with van der Waals surface area (Å²) in [5.41, 5.74) is 0.926. The van der Waals surface area contributed by atoms with E-state index in [0.717, 1.165) is 10.6 Å². The van der Waals surface area contributed by atoms with Crippen molar-refractivity contribution in [1.29, 1.82) is 0 Å². The summed E-state index contributed by atoms with van der Waals surface area (Å²) in [5.74, 6) is 1.74. The van der Waals surface area contributed by atoms with Crippen molar-refractivity contribution < 1.29 is 14.7 Å². The number of aliphatic hydroxyl groups is 1. The highest BCUT2D eigenvalue weighted by Gasteiger charge is 2.11. The molecule has 0 saturated carbocycles. The minimum absolute atomic E-state index is 0.0201. The first-order chi connectivity index (χ1) is 7.77. The Hall–Kier alpha value is -1.83. The zero-order valence-corrected chi connectivity index (χ0v) is 8.80. The molecule has 84 valence electrons. The molecule has 0 atom stereocenters. The molecule has 0 saturated heterocycles. The molecule has 0 radical (unpaired) electrons. The second kappa shape index (κ2) is 6.62. The highest BCUT2D eigenvalue weighted by molar-refractivity contribution is 5.76. The van der Waals surface area contributed by atoms with Gasteiger partial charge in [-0.05, 0) is 5.56 Å². The average Bonchev–Trinajstić information content (AvgIpc) is 2.34. The first-order valence-electron chi connectivity index (χ1n) is 4.79. The van der Waals surface area contributed by atoms with Crippen molar-refractivity contribution >= 4 is 5.91 Å². The van der Waals surface area contributed by atoms with Gasteiger partial charge in [0.25, 0.3) is 5.91 Å². The molecular formula is C12H13NO3. The van der Waals surface area contributed by atoms with Crippen LogP contribution in [0.3, 0.4) is 0 Å². The quantitative estimate of drug-likeness (QED) is 0.582. The molecule has 0 spiro atoms. The van der Waals surface area contributed by atoms with Crippen LogP contribution in [0.1, 0.15) is 5.56 Å². The van der Waals surface area contributed by atoms with E-state index in [2.05, 4.69) is 5.92 Å². The predicted octanol–water partition coefficient (Wildman–Crippen LogP) is 0.572. The number of amides is 1. The molecular weight excluding hydrogens is 206 g/mol. The van der Waals surface area contributed by atoms with Crippen LogP contribution < -0.4 is 0 Å². The van der Waals surface area contributed by atoms with Gasteiger partial charge in [-0.15, -0.1) is 6.42 Å². The molecule has 0 unspecified atom stereocenters. The first-order valence-corrected chi connectivity index (χ1v) is 4.79. The van der Waals surface area contributed by atoms with E-state index in [9.17, 15) is 4.79 Å². The van der Waals surface area contributed by atoms with Crippen LogP contribution in [0.25, 0.3) is 0 Å². The molecule has 1 amide bonds. The van der Waals surface area contributed by atoms with Gasteiger partial charge in [0, 0.05) is 0 Å². The topological polar surface area (TPSA) is 49.8 Å². The van der Waals surface area contributed by atoms with Crippen LogP contribution in [0, 0.1) is 12.3 Å². The van der Waals surface area contributed by atoms with Gasteiger partial charge < -0.3 is 5.11 Å². The third kappa shape index (κ3) is 3.73. The van der Waals surface area contributed by atoms with Crippen LogP contribution >= 0.6 is 0 Å². The van der Waals surface area contributed by atoms with Gasteiger partial charge in [-0.2, -0.15) is 0 Å². The smallest absolute Gasteiger partial charge is 0.272 e. The largest absolute Gasteiger partial charge is 0.386 e. The Bertz CT molecular complexity index is 370. The minimum Gasteiger partial charge on any atom is -0.386 e. The number of hydrogen-bond acceptors (Lipinski definition) is 3. The highest BCUT2D eigenvalue weighted by Crippen LogP contribution is 2.03. The molecule has 0 aromatic heterocycles. The summed E-state index contributed by atoms with van der Waals surface area (Å²) in [4.78, 5) is 16.4. The van der Waals surface area contributed by atoms with Crippen molar-refractivity contribution in [1.82, 2.24) is 5.06 Å². The van der Waals surface area contributed by atoms with E-state index in [1.54, 1.807) is 0 Å². The number of hydrogen-bond donors (Lipinski definition) is 1. The Balaban J connectivity index is 2.51. The number of carbonyl (C=O) groups excluding carboxylic acids is 1. The van der Waals surface area contributed by atoms with Gasteiger partial charge in [0.15, 0.2) is 0 Å². The van der Waals surface area contributed by atoms with Crippen LogP contribution in [0.5, 0.6) is 0 Å². The summed E-state index contributed by atoms with van der Waals surface area (Å²) in [5, 5.41) is 9.67. The lowest BCUT2D eigenvalue weighted by molar-refractivity contribution is -0.190. The van der Waals surface area contributed by atoms with Gasteiger partial charge in [0.05, 0.1) is 0 Å². The Morgan fingerprint density at radius 2 is 2.12 bits per heavy atom. The summed E-state index contributed by atoms with van der Waals surface area (Å²) in [6, 6.07) is 9.38. The number of benzene rings is 1. The Morgan fingerprint density at radius 3 is 2.69 bits per heavy atom. The van der Waals surface area contributed by atoms with Crippen molar-refractivity contribution in [2.24, 2.45) is 0 Å². The van der Waals surface area contributed by atoms with Crippen LogP contribution in [0.4, 0.5) is 0 Å². The van der Waals surface area contributed by atoms with E-state index in [0.29, 0.717) is 0 Å². The molecule has 0 fully saturated rings. The SMILES string of the molecule is C#CCN(OCc1ccccc1)C(=O)CO. The van der Waals surface area contributed by atoms with Gasteiger partial charge in [0.2, 0.25) is 0 Å². The number of carbonyl (C=O) groups is 1. The lowest BCUT2D eigenvalue weighted by Crippen LogP contribution is -2.33. The summed E-state index contributed by atoms with van der Waals surface area (Å²) in [7, 11) is 0. The Labute approximate surface area is 94.4 Å². The number of terminal acetylenes is 1. The van der Waals surface area contributed by atoms with Crippen LogP contribution in [-0.4, -0.2) is 29.2 Å². The van der Waals surface area contributed by atoms with Crippen molar-refractivity contribution in [2.75, 3.05) is 13.2 Å². The summed E-state index contributed by atoms with van der Waals surface area (Å²) < 4.78 is 0. The molecule has 0 aliphatic heterocycles. The van der Waals surface area contributed by atoms with Gasteiger partial charge in [-0.1, -0.05) is 36.3 Å². The number of nitrogens with zero attached hydrogens (tertiary/aromatic N) is 1. The summed E-state index contributed by atoms with van der Waals surface area (Å²) in [6.45, 7) is -0.350. The monoisotopic (exact) mass is 219 g/mol. The van der Waals surface area contributed by atoms with E-state index in [4.69, 9.17) is 16.4 Å². The molecule has 4 heteroatoms. The summed E-state index contributed by atoms with van der Waals surface area (Å²) >= 11 is 0. The van der Waals surface area contributed by atoms with E-state index in [1.165, 1.54) is 0 Å². The van der Waals surface area contributed by atoms with E-state index < -0.39 is 12.5 Å². The number of hydroxylamine groups is 2. The van der Waals surface area contributed by atoms with Crippen LogP contribution in [0.2, 0.25) is 0 Å². The maximum Gasteiger partial charge on any atom is 0.272 e. The van der Waals surface area contributed by atoms with Crippen LogP contribution in [-0.2, 0) is 16.2 Å². The lowest BCUT2D eigenvalue weighted by atomic mass is 10.2. The fourth-order valence-electron chi connectivity index (χ4n) is 1.09. The molecule has 0 aliphatic carbocycles.